The Morgan fingerprint density at radius 1 is 1.19 bits per heavy atom. The van der Waals surface area contributed by atoms with Gasteiger partial charge in [0, 0.05) is 12.1 Å². The summed E-state index contributed by atoms with van der Waals surface area (Å²) in [5.74, 6) is -0.0211. The van der Waals surface area contributed by atoms with Crippen LogP contribution in [0.15, 0.2) is 46.2 Å². The molecule has 0 spiro atoms. The number of thioether (sulfide) groups is 1. The smallest absolute Gasteiger partial charge is 0.433 e. The predicted octanol–water partition coefficient (Wildman–Crippen LogP) is 5.16. The Hall–Kier alpha value is -2.92. The van der Waals surface area contributed by atoms with Crippen LogP contribution < -0.4 is 14.8 Å². The van der Waals surface area contributed by atoms with Crippen LogP contribution in [0.4, 0.5) is 18.9 Å². The van der Waals surface area contributed by atoms with E-state index < -0.39 is 17.8 Å². The number of alkyl halides is 3. The third kappa shape index (κ3) is 5.61. The van der Waals surface area contributed by atoms with E-state index in [0.29, 0.717) is 11.5 Å². The number of aromatic nitrogens is 2. The molecule has 0 unspecified atom stereocenters. The van der Waals surface area contributed by atoms with Gasteiger partial charge in [0.1, 0.15) is 22.9 Å². The van der Waals surface area contributed by atoms with Crippen molar-refractivity contribution in [1.82, 2.24) is 9.97 Å². The second-order valence-corrected chi connectivity index (χ2v) is 7.27. The lowest BCUT2D eigenvalue weighted by Gasteiger charge is -2.13. The maximum absolute atomic E-state index is 13.2. The number of carbonyl (C=O) groups excluding carboxylic acids is 1. The number of nitrogens with zero attached hydrogens (tertiary/aromatic N) is 2. The van der Waals surface area contributed by atoms with E-state index in [-0.39, 0.29) is 33.1 Å². The standard InChI is InChI=1S/C19H15ClF3N3O4S/c1-28-14-7-11(15(29-2)6-10(14)20)24-17(27)9-31-18-25-12(13-4-3-5-30-13)8-16(26-18)19(21,22)23/h3-8H,9H2,1-2H3,(H,24,27). The highest BCUT2D eigenvalue weighted by molar-refractivity contribution is 7.99. The predicted molar refractivity (Wildman–Crippen MR) is 109 cm³/mol. The molecule has 164 valence electrons. The van der Waals surface area contributed by atoms with E-state index in [1.165, 1.54) is 44.7 Å². The van der Waals surface area contributed by atoms with Crippen molar-refractivity contribution in [2.75, 3.05) is 25.3 Å². The number of benzene rings is 1. The van der Waals surface area contributed by atoms with E-state index in [1.54, 1.807) is 0 Å². The molecule has 0 fully saturated rings. The molecule has 0 aliphatic rings. The summed E-state index contributed by atoms with van der Waals surface area (Å²) < 4.78 is 55.1. The molecule has 0 saturated carbocycles. The average molecular weight is 474 g/mol. The van der Waals surface area contributed by atoms with E-state index in [9.17, 15) is 18.0 Å². The molecule has 1 amide bonds. The first-order valence-electron chi connectivity index (χ1n) is 8.55. The molecule has 0 aliphatic carbocycles. The maximum atomic E-state index is 13.2. The minimum atomic E-state index is -4.69. The molecular weight excluding hydrogens is 459 g/mol. The number of anilines is 1. The second kappa shape index (κ2) is 9.48. The Balaban J connectivity index is 1.78. The van der Waals surface area contributed by atoms with Gasteiger partial charge in [-0.2, -0.15) is 13.2 Å². The molecule has 12 heteroatoms. The van der Waals surface area contributed by atoms with Crippen LogP contribution in [0.1, 0.15) is 5.69 Å². The molecule has 0 bridgehead atoms. The van der Waals surface area contributed by atoms with Gasteiger partial charge in [0.15, 0.2) is 10.9 Å². The third-order valence-electron chi connectivity index (χ3n) is 3.85. The Morgan fingerprint density at radius 3 is 2.55 bits per heavy atom. The number of rotatable bonds is 7. The van der Waals surface area contributed by atoms with E-state index >= 15 is 0 Å². The van der Waals surface area contributed by atoms with Crippen LogP contribution in [-0.4, -0.2) is 35.8 Å². The Labute approximate surface area is 183 Å². The van der Waals surface area contributed by atoms with Gasteiger partial charge >= 0.3 is 6.18 Å². The van der Waals surface area contributed by atoms with Gasteiger partial charge in [-0.3, -0.25) is 4.79 Å². The molecule has 2 aromatic heterocycles. The summed E-state index contributed by atoms with van der Waals surface area (Å²) >= 11 is 6.77. The number of methoxy groups -OCH3 is 2. The minimum absolute atomic E-state index is 0.0423. The summed E-state index contributed by atoms with van der Waals surface area (Å²) in [6.45, 7) is 0. The van der Waals surface area contributed by atoms with Gasteiger partial charge in [0.05, 0.1) is 36.9 Å². The lowest BCUT2D eigenvalue weighted by atomic mass is 10.2. The lowest BCUT2D eigenvalue weighted by molar-refractivity contribution is -0.141. The average Bonchev–Trinajstić information content (AvgIpc) is 3.27. The molecule has 2 heterocycles. The molecular formula is C19H15ClF3N3O4S. The zero-order valence-electron chi connectivity index (χ0n) is 16.1. The van der Waals surface area contributed by atoms with Crippen molar-refractivity contribution in [2.24, 2.45) is 0 Å². The summed E-state index contributed by atoms with van der Waals surface area (Å²) in [5, 5.41) is 2.66. The van der Waals surface area contributed by atoms with Crippen LogP contribution in [-0.2, 0) is 11.0 Å². The highest BCUT2D eigenvalue weighted by Crippen LogP contribution is 2.36. The number of carbonyl (C=O) groups is 1. The topological polar surface area (TPSA) is 86.5 Å². The fraction of sp³-hybridized carbons (Fsp3) is 0.211. The molecule has 0 radical (unpaired) electrons. The van der Waals surface area contributed by atoms with Gasteiger partial charge in [-0.1, -0.05) is 23.4 Å². The van der Waals surface area contributed by atoms with Crippen molar-refractivity contribution in [2.45, 2.75) is 11.3 Å². The molecule has 31 heavy (non-hydrogen) atoms. The number of ether oxygens (including phenoxy) is 2. The van der Waals surface area contributed by atoms with Crippen LogP contribution in [0.25, 0.3) is 11.5 Å². The van der Waals surface area contributed by atoms with Gasteiger partial charge in [0.25, 0.3) is 0 Å². The second-order valence-electron chi connectivity index (χ2n) is 5.92. The van der Waals surface area contributed by atoms with Gasteiger partial charge < -0.3 is 19.2 Å². The molecule has 3 aromatic rings. The monoisotopic (exact) mass is 473 g/mol. The zero-order valence-corrected chi connectivity index (χ0v) is 17.7. The quantitative estimate of drug-likeness (QED) is 0.375. The fourth-order valence-electron chi connectivity index (χ4n) is 2.46. The largest absolute Gasteiger partial charge is 0.495 e. The molecule has 1 aromatic carbocycles. The number of halogens is 4. The molecule has 1 N–H and O–H groups in total. The molecule has 0 atom stereocenters. The molecule has 0 saturated heterocycles. The molecule has 3 rings (SSSR count). The van der Waals surface area contributed by atoms with E-state index in [4.69, 9.17) is 25.5 Å². The fourth-order valence-corrected chi connectivity index (χ4v) is 3.35. The number of hydrogen-bond acceptors (Lipinski definition) is 7. The molecule has 7 nitrogen and oxygen atoms in total. The first-order chi connectivity index (χ1) is 14.7. The van der Waals surface area contributed by atoms with Crippen molar-refractivity contribution >= 4 is 35.0 Å². The third-order valence-corrected chi connectivity index (χ3v) is 4.99. The maximum Gasteiger partial charge on any atom is 0.433 e. The summed E-state index contributed by atoms with van der Waals surface area (Å²) in [6, 6.07) is 6.73. The minimum Gasteiger partial charge on any atom is -0.495 e. The number of nitrogens with one attached hydrogen (secondary N) is 1. The molecule has 0 aliphatic heterocycles. The van der Waals surface area contributed by atoms with Crippen molar-refractivity contribution in [1.29, 1.82) is 0 Å². The van der Waals surface area contributed by atoms with Crippen molar-refractivity contribution in [3.05, 3.63) is 47.3 Å². The van der Waals surface area contributed by atoms with E-state index in [1.807, 2.05) is 0 Å². The van der Waals surface area contributed by atoms with Gasteiger partial charge in [-0.25, -0.2) is 9.97 Å². The summed E-state index contributed by atoms with van der Waals surface area (Å²) in [4.78, 5) is 19.9. The van der Waals surface area contributed by atoms with E-state index in [2.05, 4.69) is 15.3 Å². The van der Waals surface area contributed by atoms with Crippen molar-refractivity contribution in [3.63, 3.8) is 0 Å². The van der Waals surface area contributed by atoms with Gasteiger partial charge in [-0.05, 0) is 18.2 Å². The number of furan rings is 1. The van der Waals surface area contributed by atoms with Gasteiger partial charge in [0.2, 0.25) is 5.91 Å². The Morgan fingerprint density at radius 2 is 1.94 bits per heavy atom. The number of amides is 1. The summed E-state index contributed by atoms with van der Waals surface area (Å²) in [5.41, 5.74) is -0.893. The van der Waals surface area contributed by atoms with Crippen LogP contribution in [0, 0.1) is 0 Å². The van der Waals surface area contributed by atoms with Crippen LogP contribution >= 0.6 is 23.4 Å². The normalized spacial score (nSPS) is 11.3. The van der Waals surface area contributed by atoms with Crippen LogP contribution in [0.3, 0.4) is 0 Å². The first kappa shape index (κ1) is 22.8. The Kier molecular flexibility index (Phi) is 6.96. The first-order valence-corrected chi connectivity index (χ1v) is 9.92. The van der Waals surface area contributed by atoms with Crippen molar-refractivity contribution in [3.8, 4) is 23.0 Å². The lowest BCUT2D eigenvalue weighted by Crippen LogP contribution is -2.16. The van der Waals surface area contributed by atoms with Gasteiger partial charge in [-0.15, -0.1) is 0 Å². The van der Waals surface area contributed by atoms with Crippen LogP contribution in [0.2, 0.25) is 5.02 Å². The summed E-state index contributed by atoms with van der Waals surface area (Å²) in [6.07, 6.45) is -3.37. The Bertz CT molecular complexity index is 1080. The SMILES string of the molecule is COc1cc(NC(=O)CSc2nc(-c3ccco3)cc(C(F)(F)F)n2)c(OC)cc1Cl. The summed E-state index contributed by atoms with van der Waals surface area (Å²) in [7, 11) is 2.81. The van der Waals surface area contributed by atoms with Crippen molar-refractivity contribution < 1.29 is 31.9 Å². The highest BCUT2D eigenvalue weighted by atomic mass is 35.5. The van der Waals surface area contributed by atoms with Crippen LogP contribution in [0.5, 0.6) is 11.5 Å². The zero-order chi connectivity index (χ0) is 22.6. The highest BCUT2D eigenvalue weighted by Gasteiger charge is 2.34. The number of hydrogen-bond donors (Lipinski definition) is 1. The van der Waals surface area contributed by atoms with E-state index in [0.717, 1.165) is 17.8 Å².